The number of rotatable bonds is 10. The Morgan fingerprint density at radius 3 is 2.34 bits per heavy atom. The van der Waals surface area contributed by atoms with Gasteiger partial charge in [0.05, 0.1) is 0 Å². The zero-order valence-corrected chi connectivity index (χ0v) is 19.4. The number of carbonyl (C=O) groups excluding carboxylic acids is 1. The molecule has 176 valence electrons. The van der Waals surface area contributed by atoms with Gasteiger partial charge in [-0.1, -0.05) is 75.8 Å². The topological polar surface area (TPSA) is 32.3 Å². The zero-order chi connectivity index (χ0) is 23.4. The van der Waals surface area contributed by atoms with E-state index in [-0.39, 0.29) is 17.9 Å². The van der Waals surface area contributed by atoms with Gasteiger partial charge >= 0.3 is 6.18 Å². The lowest BCUT2D eigenvalue weighted by atomic mass is 9.93. The van der Waals surface area contributed by atoms with Crippen LogP contribution in [0.25, 0.3) is 10.8 Å². The average Bonchev–Trinajstić information content (AvgIpc) is 2.98. The Kier molecular flexibility index (Phi) is 7.86. The number of amides is 1. The van der Waals surface area contributed by atoms with Gasteiger partial charge in [-0.05, 0) is 54.7 Å². The molecule has 1 amide bonds. The lowest BCUT2D eigenvalue weighted by molar-refractivity contribution is -0.203. The Balaban J connectivity index is 1.83. The number of benzene rings is 2. The Morgan fingerprint density at radius 1 is 1.03 bits per heavy atom. The van der Waals surface area contributed by atoms with Gasteiger partial charge in [0.1, 0.15) is 0 Å². The summed E-state index contributed by atoms with van der Waals surface area (Å²) in [6.45, 7) is 5.53. The number of fused-ring (bicyclic) bond motifs is 1. The first kappa shape index (κ1) is 24.6. The monoisotopic (exact) mass is 448 g/mol. The van der Waals surface area contributed by atoms with Gasteiger partial charge in [-0.15, -0.1) is 0 Å². The van der Waals surface area contributed by atoms with Crippen LogP contribution in [0.2, 0.25) is 0 Å². The van der Waals surface area contributed by atoms with Gasteiger partial charge in [-0.3, -0.25) is 10.2 Å². The zero-order valence-electron chi connectivity index (χ0n) is 19.4. The lowest BCUT2D eigenvalue weighted by Gasteiger charge is -2.38. The molecule has 0 radical (unpaired) electrons. The van der Waals surface area contributed by atoms with Gasteiger partial charge in [0.25, 0.3) is 0 Å². The molecule has 1 aliphatic rings. The molecule has 32 heavy (non-hydrogen) atoms. The third kappa shape index (κ3) is 5.83. The van der Waals surface area contributed by atoms with Crippen LogP contribution in [0.4, 0.5) is 13.2 Å². The van der Waals surface area contributed by atoms with Crippen LogP contribution in [0.5, 0.6) is 0 Å². The summed E-state index contributed by atoms with van der Waals surface area (Å²) in [5.41, 5.74) is 2.77. The highest BCUT2D eigenvalue weighted by Crippen LogP contribution is 2.43. The number of aryl methyl sites for hydroxylation is 1. The molecule has 0 aromatic heterocycles. The van der Waals surface area contributed by atoms with Gasteiger partial charge in [0.2, 0.25) is 5.91 Å². The smallest absolute Gasteiger partial charge is 0.287 e. The molecule has 1 fully saturated rings. The van der Waals surface area contributed by atoms with Crippen molar-refractivity contribution in [3.63, 3.8) is 0 Å². The van der Waals surface area contributed by atoms with E-state index < -0.39 is 17.8 Å². The number of nitrogens with zero attached hydrogens (tertiary/aromatic N) is 1. The maximum absolute atomic E-state index is 14.2. The van der Waals surface area contributed by atoms with Crippen molar-refractivity contribution >= 4 is 16.7 Å². The predicted octanol–water partition coefficient (Wildman–Crippen LogP) is 7.25. The quantitative estimate of drug-likeness (QED) is 0.388. The van der Waals surface area contributed by atoms with E-state index in [1.807, 2.05) is 18.2 Å². The maximum atomic E-state index is 14.2. The molecule has 1 atom stereocenters. The summed E-state index contributed by atoms with van der Waals surface area (Å²) >= 11 is 0. The SMILES string of the molecule is CCCCCCCCCc1cccc2ccc([C@H](N3NC(=O)CC3(C)C)C(F)(F)F)cc12. The molecular weight excluding hydrogens is 413 g/mol. The molecule has 0 aliphatic carbocycles. The molecule has 1 heterocycles. The maximum Gasteiger partial charge on any atom is 0.409 e. The summed E-state index contributed by atoms with van der Waals surface area (Å²) in [7, 11) is 0. The average molecular weight is 449 g/mol. The highest BCUT2D eigenvalue weighted by molar-refractivity contribution is 5.86. The van der Waals surface area contributed by atoms with Crippen LogP contribution in [0, 0.1) is 0 Å². The molecule has 0 unspecified atom stereocenters. The van der Waals surface area contributed by atoms with Gasteiger partial charge in [-0.25, -0.2) is 0 Å². The normalized spacial score (nSPS) is 17.6. The summed E-state index contributed by atoms with van der Waals surface area (Å²) in [6.07, 6.45) is 4.79. The molecule has 0 spiro atoms. The van der Waals surface area contributed by atoms with Crippen LogP contribution in [0.1, 0.15) is 89.3 Å². The third-order valence-corrected chi connectivity index (χ3v) is 6.42. The second kappa shape index (κ2) is 10.2. The summed E-state index contributed by atoms with van der Waals surface area (Å²) in [5, 5.41) is 2.89. The first-order valence-electron chi connectivity index (χ1n) is 11.8. The van der Waals surface area contributed by atoms with Crippen LogP contribution in [0.15, 0.2) is 36.4 Å². The number of unbranched alkanes of at least 4 members (excludes halogenated alkanes) is 6. The fourth-order valence-electron chi connectivity index (χ4n) is 4.72. The van der Waals surface area contributed by atoms with Crippen LogP contribution >= 0.6 is 0 Å². The van der Waals surface area contributed by atoms with E-state index in [0.717, 1.165) is 40.6 Å². The highest BCUT2D eigenvalue weighted by Gasteiger charge is 2.53. The van der Waals surface area contributed by atoms with Crippen molar-refractivity contribution in [2.75, 3.05) is 0 Å². The molecule has 1 N–H and O–H groups in total. The minimum atomic E-state index is -4.52. The van der Waals surface area contributed by atoms with E-state index in [2.05, 4.69) is 12.3 Å². The van der Waals surface area contributed by atoms with E-state index in [4.69, 9.17) is 0 Å². The van der Waals surface area contributed by atoms with Gasteiger partial charge < -0.3 is 0 Å². The minimum Gasteiger partial charge on any atom is -0.287 e. The standard InChI is InChI=1S/C26H35F3N2O/c1-4-5-6-7-8-9-10-12-19-13-11-14-20-15-16-21(17-22(19)20)24(26(27,28)29)31-25(2,3)18-23(32)30-31/h11,13-17,24H,4-10,12,18H2,1-3H3,(H,30,32)/t24-/m0/s1. The fraction of sp³-hybridized carbons (Fsp3) is 0.577. The highest BCUT2D eigenvalue weighted by atomic mass is 19.4. The van der Waals surface area contributed by atoms with Crippen molar-refractivity contribution in [1.29, 1.82) is 0 Å². The van der Waals surface area contributed by atoms with Gasteiger partial charge in [-0.2, -0.15) is 18.2 Å². The van der Waals surface area contributed by atoms with Crippen molar-refractivity contribution in [3.05, 3.63) is 47.5 Å². The number of hydrogen-bond acceptors (Lipinski definition) is 2. The van der Waals surface area contributed by atoms with E-state index >= 15 is 0 Å². The minimum absolute atomic E-state index is 0.0384. The largest absolute Gasteiger partial charge is 0.409 e. The molecule has 1 aliphatic heterocycles. The predicted molar refractivity (Wildman–Crippen MR) is 123 cm³/mol. The van der Waals surface area contributed by atoms with Crippen molar-refractivity contribution < 1.29 is 18.0 Å². The first-order chi connectivity index (χ1) is 15.1. The van der Waals surface area contributed by atoms with E-state index in [0.29, 0.717) is 0 Å². The second-order valence-electron chi connectivity index (χ2n) is 9.61. The lowest BCUT2D eigenvalue weighted by Crippen LogP contribution is -2.51. The number of alkyl halides is 3. The van der Waals surface area contributed by atoms with Crippen LogP contribution in [-0.4, -0.2) is 22.6 Å². The van der Waals surface area contributed by atoms with Crippen LogP contribution < -0.4 is 5.43 Å². The number of hydrazine groups is 1. The Hall–Kier alpha value is -2.08. The molecule has 3 rings (SSSR count). The second-order valence-corrected chi connectivity index (χ2v) is 9.61. The Labute approximate surface area is 189 Å². The summed E-state index contributed by atoms with van der Waals surface area (Å²) in [5.74, 6) is -0.385. The fourth-order valence-corrected chi connectivity index (χ4v) is 4.72. The third-order valence-electron chi connectivity index (χ3n) is 6.42. The molecular formula is C26H35F3N2O. The van der Waals surface area contributed by atoms with Crippen molar-refractivity contribution in [1.82, 2.24) is 10.4 Å². The Morgan fingerprint density at radius 2 is 1.72 bits per heavy atom. The number of hydrogen-bond donors (Lipinski definition) is 1. The summed E-state index contributed by atoms with van der Waals surface area (Å²) < 4.78 is 42.6. The van der Waals surface area contributed by atoms with Crippen LogP contribution in [0.3, 0.4) is 0 Å². The molecule has 1 saturated heterocycles. The molecule has 2 aromatic rings. The Bertz CT molecular complexity index is 923. The molecule has 6 heteroatoms. The van der Waals surface area contributed by atoms with Crippen molar-refractivity contribution in [2.24, 2.45) is 0 Å². The van der Waals surface area contributed by atoms with Crippen molar-refractivity contribution in [3.8, 4) is 0 Å². The van der Waals surface area contributed by atoms with Gasteiger partial charge in [0.15, 0.2) is 6.04 Å². The number of carbonyl (C=O) groups is 1. The van der Waals surface area contributed by atoms with E-state index in [1.165, 1.54) is 32.1 Å². The summed E-state index contributed by atoms with van der Waals surface area (Å²) in [4.78, 5) is 11.9. The van der Waals surface area contributed by atoms with Crippen molar-refractivity contribution in [2.45, 2.75) is 96.3 Å². The van der Waals surface area contributed by atoms with E-state index in [1.54, 1.807) is 32.0 Å². The van der Waals surface area contributed by atoms with E-state index in [9.17, 15) is 18.0 Å². The molecule has 0 saturated carbocycles. The molecule has 3 nitrogen and oxygen atoms in total. The summed E-state index contributed by atoms with van der Waals surface area (Å²) in [6, 6.07) is 9.03. The number of nitrogens with one attached hydrogen (secondary N) is 1. The number of halogens is 3. The first-order valence-corrected chi connectivity index (χ1v) is 11.8. The molecule has 2 aromatic carbocycles. The molecule has 0 bridgehead atoms. The van der Waals surface area contributed by atoms with Crippen LogP contribution in [-0.2, 0) is 11.2 Å². The van der Waals surface area contributed by atoms with Gasteiger partial charge in [0, 0.05) is 12.0 Å².